The van der Waals surface area contributed by atoms with Crippen molar-refractivity contribution in [3.8, 4) is 0 Å². The summed E-state index contributed by atoms with van der Waals surface area (Å²) < 4.78 is 1.78. The first kappa shape index (κ1) is 21.2. The number of amides is 1. The summed E-state index contributed by atoms with van der Waals surface area (Å²) in [6, 6.07) is 18.1. The molecule has 0 unspecified atom stereocenters. The number of carbonyl (C=O) groups is 1. The largest absolute Gasteiger partial charge is 0.274 e. The molecule has 0 spiro atoms. The molecule has 0 saturated heterocycles. The molecule has 0 aliphatic rings. The second-order valence-corrected chi connectivity index (χ2v) is 8.67. The Hall–Kier alpha value is -3.04. The van der Waals surface area contributed by atoms with Gasteiger partial charge in [0.15, 0.2) is 5.13 Å². The predicted octanol–water partition coefficient (Wildman–Crippen LogP) is 4.72. The van der Waals surface area contributed by atoms with Crippen LogP contribution in [0.25, 0.3) is 0 Å². The third-order valence-corrected chi connectivity index (χ3v) is 6.54. The van der Waals surface area contributed by atoms with Gasteiger partial charge in [-0.1, -0.05) is 61.2 Å². The number of anilines is 2. The molecule has 0 atom stereocenters. The van der Waals surface area contributed by atoms with Crippen molar-refractivity contribution in [3.05, 3.63) is 76.8 Å². The Labute approximate surface area is 189 Å². The van der Waals surface area contributed by atoms with Gasteiger partial charge in [-0.15, -0.1) is 16.4 Å². The summed E-state index contributed by atoms with van der Waals surface area (Å²) >= 11 is 2.98. The zero-order chi connectivity index (χ0) is 21.6. The van der Waals surface area contributed by atoms with Gasteiger partial charge in [0.05, 0.1) is 17.9 Å². The number of nitrogens with zero attached hydrogens (tertiary/aromatic N) is 6. The van der Waals surface area contributed by atoms with Crippen LogP contribution in [0.4, 0.5) is 10.8 Å². The minimum Gasteiger partial charge on any atom is -0.274 e. The van der Waals surface area contributed by atoms with Crippen molar-refractivity contribution < 1.29 is 4.79 Å². The van der Waals surface area contributed by atoms with Crippen molar-refractivity contribution >= 4 is 39.8 Å². The third-order valence-electron chi connectivity index (χ3n) is 4.67. The first-order valence-corrected chi connectivity index (χ1v) is 11.8. The zero-order valence-electron chi connectivity index (χ0n) is 17.3. The van der Waals surface area contributed by atoms with E-state index in [2.05, 4.69) is 27.4 Å². The van der Waals surface area contributed by atoms with Crippen LogP contribution >= 0.6 is 23.1 Å². The normalized spacial score (nSPS) is 10.9. The lowest BCUT2D eigenvalue weighted by Gasteiger charge is -2.18. The summed E-state index contributed by atoms with van der Waals surface area (Å²) in [5.41, 5.74) is 4.08. The Kier molecular flexibility index (Phi) is 6.73. The molecule has 7 nitrogen and oxygen atoms in total. The van der Waals surface area contributed by atoms with Gasteiger partial charge in [0.25, 0.3) is 0 Å². The molecule has 2 heterocycles. The van der Waals surface area contributed by atoms with Gasteiger partial charge >= 0.3 is 0 Å². The molecule has 2 aromatic heterocycles. The molecule has 0 aliphatic carbocycles. The van der Waals surface area contributed by atoms with E-state index in [0.717, 1.165) is 28.5 Å². The molecule has 0 aliphatic heterocycles. The van der Waals surface area contributed by atoms with Gasteiger partial charge < -0.3 is 0 Å². The molecule has 0 fully saturated rings. The standard InChI is InChI=1S/C22H22N6OS2/c1-3-17-9-11-20(12-10-17)28(16(2)29)21-23-19(14-30-21)15-31-22-24-25-26-27(22)13-18-7-5-4-6-8-18/h4-12,14H,3,13,15H2,1-2H3. The first-order valence-electron chi connectivity index (χ1n) is 9.91. The monoisotopic (exact) mass is 450 g/mol. The van der Waals surface area contributed by atoms with Gasteiger partial charge in [0.1, 0.15) is 0 Å². The van der Waals surface area contributed by atoms with E-state index in [0.29, 0.717) is 17.4 Å². The lowest BCUT2D eigenvalue weighted by atomic mass is 10.1. The fourth-order valence-corrected chi connectivity index (χ4v) is 4.83. The first-order chi connectivity index (χ1) is 15.1. The van der Waals surface area contributed by atoms with Crippen LogP contribution in [-0.2, 0) is 23.5 Å². The van der Waals surface area contributed by atoms with Crippen molar-refractivity contribution in [2.75, 3.05) is 4.90 Å². The average molecular weight is 451 g/mol. The summed E-state index contributed by atoms with van der Waals surface area (Å²) in [6.07, 6.45) is 0.961. The van der Waals surface area contributed by atoms with Crippen molar-refractivity contribution in [2.24, 2.45) is 0 Å². The fraction of sp³-hybridized carbons (Fsp3) is 0.227. The van der Waals surface area contributed by atoms with Gasteiger partial charge in [-0.25, -0.2) is 9.67 Å². The van der Waals surface area contributed by atoms with E-state index in [1.165, 1.54) is 28.7 Å². The maximum absolute atomic E-state index is 12.3. The molecule has 0 bridgehead atoms. The van der Waals surface area contributed by atoms with Crippen molar-refractivity contribution in [3.63, 3.8) is 0 Å². The maximum Gasteiger partial charge on any atom is 0.230 e. The molecular formula is C22H22N6OS2. The number of thiazole rings is 1. The average Bonchev–Trinajstić information content (AvgIpc) is 3.43. The highest BCUT2D eigenvalue weighted by molar-refractivity contribution is 7.98. The van der Waals surface area contributed by atoms with Crippen LogP contribution in [0.15, 0.2) is 65.1 Å². The molecule has 31 heavy (non-hydrogen) atoms. The van der Waals surface area contributed by atoms with Crippen molar-refractivity contribution in [1.29, 1.82) is 0 Å². The Morgan fingerprint density at radius 2 is 1.87 bits per heavy atom. The van der Waals surface area contributed by atoms with E-state index >= 15 is 0 Å². The summed E-state index contributed by atoms with van der Waals surface area (Å²) in [5, 5.41) is 15.4. The van der Waals surface area contributed by atoms with E-state index in [1.54, 1.807) is 16.5 Å². The van der Waals surface area contributed by atoms with Crippen molar-refractivity contribution in [2.45, 2.75) is 37.7 Å². The highest BCUT2D eigenvalue weighted by Gasteiger charge is 2.18. The molecule has 9 heteroatoms. The summed E-state index contributed by atoms with van der Waals surface area (Å²) in [7, 11) is 0. The van der Waals surface area contributed by atoms with Crippen LogP contribution in [0.1, 0.15) is 30.7 Å². The highest BCUT2D eigenvalue weighted by atomic mass is 32.2. The number of aromatic nitrogens is 5. The lowest BCUT2D eigenvalue weighted by Crippen LogP contribution is -2.22. The second-order valence-electron chi connectivity index (χ2n) is 6.89. The van der Waals surface area contributed by atoms with E-state index in [9.17, 15) is 4.79 Å². The molecule has 0 saturated carbocycles. The maximum atomic E-state index is 12.3. The molecule has 158 valence electrons. The van der Waals surface area contributed by atoms with Crippen LogP contribution in [0.3, 0.4) is 0 Å². The van der Waals surface area contributed by atoms with Crippen LogP contribution in [0, 0.1) is 0 Å². The molecule has 2 aromatic carbocycles. The molecule has 0 N–H and O–H groups in total. The second kappa shape index (κ2) is 9.84. The Bertz CT molecular complexity index is 1140. The SMILES string of the molecule is CCc1ccc(N(C(C)=O)c2nc(CSc3nnnn3Cc3ccccc3)cs2)cc1. The van der Waals surface area contributed by atoms with Gasteiger partial charge in [-0.3, -0.25) is 9.69 Å². The van der Waals surface area contributed by atoms with Crippen molar-refractivity contribution in [1.82, 2.24) is 25.2 Å². The Morgan fingerprint density at radius 1 is 1.10 bits per heavy atom. The minimum atomic E-state index is -0.0652. The van der Waals surface area contributed by atoms with E-state index < -0.39 is 0 Å². The van der Waals surface area contributed by atoms with Gasteiger partial charge in [0.2, 0.25) is 11.1 Å². The quantitative estimate of drug-likeness (QED) is 0.362. The number of carbonyl (C=O) groups excluding carboxylic acids is 1. The van der Waals surface area contributed by atoms with E-state index in [4.69, 9.17) is 0 Å². The summed E-state index contributed by atoms with van der Waals surface area (Å²) in [5.74, 6) is 0.552. The number of tetrazole rings is 1. The van der Waals surface area contributed by atoms with Crippen LogP contribution < -0.4 is 4.90 Å². The lowest BCUT2D eigenvalue weighted by molar-refractivity contribution is -0.115. The van der Waals surface area contributed by atoms with E-state index in [-0.39, 0.29) is 5.91 Å². The Balaban J connectivity index is 1.45. The molecule has 4 rings (SSSR count). The zero-order valence-corrected chi connectivity index (χ0v) is 18.9. The van der Waals surface area contributed by atoms with Gasteiger partial charge in [0, 0.05) is 18.1 Å². The number of aryl methyl sites for hydroxylation is 1. The molecule has 0 radical (unpaired) electrons. The van der Waals surface area contributed by atoms with Crippen LogP contribution in [0.5, 0.6) is 0 Å². The Morgan fingerprint density at radius 3 is 2.58 bits per heavy atom. The van der Waals surface area contributed by atoms with Crippen LogP contribution in [0.2, 0.25) is 0 Å². The van der Waals surface area contributed by atoms with Gasteiger partial charge in [-0.2, -0.15) is 0 Å². The van der Waals surface area contributed by atoms with E-state index in [1.807, 2.05) is 60.0 Å². The molecule has 1 amide bonds. The molecule has 4 aromatic rings. The summed E-state index contributed by atoms with van der Waals surface area (Å²) in [6.45, 7) is 4.28. The number of benzene rings is 2. The van der Waals surface area contributed by atoms with Gasteiger partial charge in [-0.05, 0) is 40.1 Å². The number of thioether (sulfide) groups is 1. The topological polar surface area (TPSA) is 76.8 Å². The smallest absolute Gasteiger partial charge is 0.230 e. The minimum absolute atomic E-state index is 0.0652. The van der Waals surface area contributed by atoms with Crippen LogP contribution in [-0.4, -0.2) is 31.1 Å². The molecular weight excluding hydrogens is 428 g/mol. The summed E-state index contributed by atoms with van der Waals surface area (Å²) in [4.78, 5) is 18.7. The number of hydrogen-bond donors (Lipinski definition) is 0. The third kappa shape index (κ3) is 5.18. The number of hydrogen-bond acceptors (Lipinski definition) is 7. The number of rotatable bonds is 8. The fourth-order valence-electron chi connectivity index (χ4n) is 3.07. The predicted molar refractivity (Wildman–Crippen MR) is 124 cm³/mol. The highest BCUT2D eigenvalue weighted by Crippen LogP contribution is 2.31.